The molecular weight excluding hydrogens is 644 g/mol. The highest BCUT2D eigenvalue weighted by atomic mass is 16.6. The molecule has 0 radical (unpaired) electrons. The number of para-hydroxylation sites is 1. The van der Waals surface area contributed by atoms with E-state index in [-0.39, 0.29) is 32.1 Å². The van der Waals surface area contributed by atoms with Crippen LogP contribution >= 0.6 is 0 Å². The molecule has 1 N–H and O–H groups in total. The van der Waals surface area contributed by atoms with Crippen LogP contribution < -0.4 is 5.32 Å². The first-order chi connectivity index (χ1) is 24.2. The highest BCUT2D eigenvalue weighted by molar-refractivity contribution is 6.04. The summed E-state index contributed by atoms with van der Waals surface area (Å²) in [6, 6.07) is 23.8. The van der Waals surface area contributed by atoms with Gasteiger partial charge in [0.1, 0.15) is 38.1 Å². The molecule has 0 spiro atoms. The normalized spacial score (nSPS) is 17.4. The second-order valence-electron chi connectivity index (χ2n) is 11.6. The van der Waals surface area contributed by atoms with Gasteiger partial charge in [0.2, 0.25) is 0 Å². The van der Waals surface area contributed by atoms with Crippen molar-refractivity contribution in [2.75, 3.05) is 20.3 Å². The first-order valence-corrected chi connectivity index (χ1v) is 16.0. The maximum atomic E-state index is 14.3. The Morgan fingerprint density at radius 1 is 0.800 bits per heavy atom. The minimum atomic E-state index is -1.21. The largest absolute Gasteiger partial charge is 0.467 e. The Morgan fingerprint density at radius 3 is 2.12 bits per heavy atom. The molecular formula is C38H38N2O10. The zero-order valence-electron chi connectivity index (χ0n) is 27.9. The van der Waals surface area contributed by atoms with E-state index in [0.717, 1.165) is 5.56 Å². The molecule has 0 unspecified atom stereocenters. The monoisotopic (exact) mass is 682 g/mol. The van der Waals surface area contributed by atoms with Crippen molar-refractivity contribution in [3.63, 3.8) is 0 Å². The fourth-order valence-electron chi connectivity index (χ4n) is 5.81. The average molecular weight is 683 g/mol. The van der Waals surface area contributed by atoms with Crippen LogP contribution in [-0.4, -0.2) is 66.9 Å². The number of amides is 1. The van der Waals surface area contributed by atoms with Crippen molar-refractivity contribution in [1.82, 2.24) is 9.88 Å². The third kappa shape index (κ3) is 8.63. The molecule has 2 heterocycles. The molecule has 0 bridgehead atoms. The van der Waals surface area contributed by atoms with Gasteiger partial charge in [-0.1, -0.05) is 78.9 Å². The van der Waals surface area contributed by atoms with Crippen LogP contribution in [0.3, 0.4) is 0 Å². The molecule has 12 nitrogen and oxygen atoms in total. The summed E-state index contributed by atoms with van der Waals surface area (Å²) in [4.78, 5) is 63.9. The molecule has 1 aliphatic rings. The van der Waals surface area contributed by atoms with Crippen LogP contribution in [-0.2, 0) is 51.1 Å². The van der Waals surface area contributed by atoms with Crippen molar-refractivity contribution in [1.29, 1.82) is 0 Å². The van der Waals surface area contributed by atoms with E-state index in [0.29, 0.717) is 27.7 Å². The van der Waals surface area contributed by atoms with Crippen LogP contribution in [0.1, 0.15) is 47.1 Å². The van der Waals surface area contributed by atoms with Crippen molar-refractivity contribution in [3.8, 4) is 0 Å². The Labute approximate surface area is 288 Å². The summed E-state index contributed by atoms with van der Waals surface area (Å²) in [6.07, 6.45) is 0.931. The summed E-state index contributed by atoms with van der Waals surface area (Å²) in [6.45, 7) is 2.37. The number of benzene rings is 3. The standard InChI is InChI=1S/C38H38N2O10/c1-24(41)47-22-28-18-19-33(50-34(28)23-48-25(2)42)35-30(20-31(37(44)46-3)39-38(45)49-21-26-12-6-4-7-13-26)29-16-10-11-17-32(29)40(35)36(43)27-14-8-5-9-15-27/h4-19,28,31,33-34H,20-23H2,1-3H3,(H,39,45)/t28-,31+,33+,34-/m1/s1. The molecule has 0 fully saturated rings. The predicted molar refractivity (Wildman–Crippen MR) is 181 cm³/mol. The van der Waals surface area contributed by atoms with Crippen LogP contribution in [0.25, 0.3) is 10.9 Å². The lowest BCUT2D eigenvalue weighted by atomic mass is 9.95. The first kappa shape index (κ1) is 35.6. The SMILES string of the molecule is COC(=O)[C@H](Cc1c([C@@H]2C=C[C@H](COC(C)=O)[C@@H](COC(C)=O)O2)n(C(=O)c2ccccc2)c2ccccc12)NC(=O)OCc1ccccc1. The molecule has 1 aromatic heterocycles. The minimum Gasteiger partial charge on any atom is -0.467 e. The van der Waals surface area contributed by atoms with E-state index in [9.17, 15) is 24.0 Å². The summed E-state index contributed by atoms with van der Waals surface area (Å²) >= 11 is 0. The van der Waals surface area contributed by atoms with Gasteiger partial charge in [-0.2, -0.15) is 0 Å². The number of carbonyl (C=O) groups excluding carboxylic acids is 5. The molecule has 0 aliphatic carbocycles. The third-order valence-electron chi connectivity index (χ3n) is 8.17. The Kier molecular flexibility index (Phi) is 11.8. The molecule has 260 valence electrons. The molecule has 12 heteroatoms. The lowest BCUT2D eigenvalue weighted by Crippen LogP contribution is -2.43. The topological polar surface area (TPSA) is 148 Å². The van der Waals surface area contributed by atoms with Crippen molar-refractivity contribution in [3.05, 3.63) is 119 Å². The quantitative estimate of drug-likeness (QED) is 0.122. The van der Waals surface area contributed by atoms with Gasteiger partial charge in [0, 0.05) is 37.1 Å². The third-order valence-corrected chi connectivity index (χ3v) is 8.17. The van der Waals surface area contributed by atoms with Crippen LogP contribution in [0.15, 0.2) is 97.1 Å². The van der Waals surface area contributed by atoms with Gasteiger partial charge in [-0.3, -0.25) is 19.0 Å². The maximum Gasteiger partial charge on any atom is 0.408 e. The number of rotatable bonds is 12. The van der Waals surface area contributed by atoms with E-state index < -0.39 is 48.2 Å². The summed E-state index contributed by atoms with van der Waals surface area (Å²) < 4.78 is 29.1. The number of methoxy groups -OCH3 is 1. The molecule has 1 aliphatic heterocycles. The van der Waals surface area contributed by atoms with Crippen molar-refractivity contribution in [2.45, 2.75) is 45.1 Å². The predicted octanol–water partition coefficient (Wildman–Crippen LogP) is 5.08. The van der Waals surface area contributed by atoms with Crippen molar-refractivity contribution < 1.29 is 47.7 Å². The highest BCUT2D eigenvalue weighted by Crippen LogP contribution is 2.38. The zero-order chi connectivity index (χ0) is 35.6. The second-order valence-corrected chi connectivity index (χ2v) is 11.6. The van der Waals surface area contributed by atoms with Crippen LogP contribution in [0.2, 0.25) is 0 Å². The van der Waals surface area contributed by atoms with Crippen LogP contribution in [0.4, 0.5) is 4.79 Å². The van der Waals surface area contributed by atoms with E-state index in [4.69, 9.17) is 23.7 Å². The number of carbonyl (C=O) groups is 5. The summed E-state index contributed by atoms with van der Waals surface area (Å²) in [5.41, 5.74) is 2.62. The molecule has 0 saturated carbocycles. The second kappa shape index (κ2) is 16.6. The fourth-order valence-corrected chi connectivity index (χ4v) is 5.81. The van der Waals surface area contributed by atoms with Crippen molar-refractivity contribution >= 4 is 40.8 Å². The van der Waals surface area contributed by atoms with E-state index in [2.05, 4.69) is 5.32 Å². The van der Waals surface area contributed by atoms with Gasteiger partial charge in [-0.05, 0) is 29.3 Å². The number of aromatic nitrogens is 1. The summed E-state index contributed by atoms with van der Waals surface area (Å²) in [5, 5.41) is 3.27. The number of hydrogen-bond acceptors (Lipinski definition) is 10. The first-order valence-electron chi connectivity index (χ1n) is 16.0. The number of nitrogens with one attached hydrogen (secondary N) is 1. The van der Waals surface area contributed by atoms with Gasteiger partial charge in [-0.15, -0.1) is 0 Å². The van der Waals surface area contributed by atoms with E-state index >= 15 is 0 Å². The van der Waals surface area contributed by atoms with E-state index in [1.54, 1.807) is 72.8 Å². The Balaban J connectivity index is 1.58. The van der Waals surface area contributed by atoms with Crippen LogP contribution in [0.5, 0.6) is 0 Å². The minimum absolute atomic E-state index is 0.0182. The highest BCUT2D eigenvalue weighted by Gasteiger charge is 2.36. The van der Waals surface area contributed by atoms with Gasteiger partial charge >= 0.3 is 24.0 Å². The van der Waals surface area contributed by atoms with Crippen molar-refractivity contribution in [2.24, 2.45) is 5.92 Å². The fraction of sp³-hybridized carbons (Fsp3) is 0.289. The Morgan fingerprint density at radius 2 is 1.44 bits per heavy atom. The molecule has 1 amide bonds. The zero-order valence-corrected chi connectivity index (χ0v) is 27.9. The molecule has 3 aromatic carbocycles. The molecule has 5 rings (SSSR count). The Hall–Kier alpha value is -5.75. The number of fused-ring (bicyclic) bond motifs is 1. The van der Waals surface area contributed by atoms with Gasteiger partial charge in [-0.25, -0.2) is 9.59 Å². The summed E-state index contributed by atoms with van der Waals surface area (Å²) in [7, 11) is 1.21. The lowest BCUT2D eigenvalue weighted by molar-refractivity contribution is -0.153. The Bertz CT molecular complexity index is 1870. The summed E-state index contributed by atoms with van der Waals surface area (Å²) in [5.74, 6) is -2.56. The average Bonchev–Trinajstić information content (AvgIpc) is 3.45. The van der Waals surface area contributed by atoms with Crippen LogP contribution in [0, 0.1) is 5.92 Å². The maximum absolute atomic E-state index is 14.3. The van der Waals surface area contributed by atoms with Gasteiger partial charge in [0.05, 0.1) is 18.3 Å². The van der Waals surface area contributed by atoms with Gasteiger partial charge < -0.3 is 29.0 Å². The number of esters is 3. The lowest BCUT2D eigenvalue weighted by Gasteiger charge is -2.33. The van der Waals surface area contributed by atoms with Gasteiger partial charge in [0.15, 0.2) is 0 Å². The van der Waals surface area contributed by atoms with E-state index in [1.165, 1.54) is 25.5 Å². The molecule has 50 heavy (non-hydrogen) atoms. The smallest absolute Gasteiger partial charge is 0.408 e. The molecule has 4 atom stereocenters. The number of nitrogens with zero attached hydrogens (tertiary/aromatic N) is 1. The number of ether oxygens (including phenoxy) is 5. The van der Waals surface area contributed by atoms with Gasteiger partial charge in [0.25, 0.3) is 5.91 Å². The number of hydrogen-bond donors (Lipinski definition) is 1. The van der Waals surface area contributed by atoms with E-state index in [1.807, 2.05) is 24.3 Å². The number of alkyl carbamates (subject to hydrolysis) is 1. The molecule has 4 aromatic rings. The molecule has 0 saturated heterocycles.